The highest BCUT2D eigenvalue weighted by Gasteiger charge is 2.28. The summed E-state index contributed by atoms with van der Waals surface area (Å²) in [5.41, 5.74) is 0. The van der Waals surface area contributed by atoms with Gasteiger partial charge in [0, 0.05) is 36.2 Å². The highest BCUT2D eigenvalue weighted by atomic mass is 32.1. The molecule has 0 radical (unpaired) electrons. The molecule has 2 rings (SSSR count). The predicted molar refractivity (Wildman–Crippen MR) is 82.6 cm³/mol. The maximum Gasteiger partial charge on any atom is 0.107 e. The van der Waals surface area contributed by atoms with Crippen LogP contribution in [0.4, 0.5) is 0 Å². The molecule has 1 aliphatic rings. The summed E-state index contributed by atoms with van der Waals surface area (Å²) in [5, 5.41) is 4.97. The standard InChI is InChI=1S/C15H27N3S/c1-5-12-7-16-14(11(3)4)9-18(12)10-15-17-8-13(6-2)19-15/h8,11-12,14,16H,5-7,9-10H2,1-4H3. The Morgan fingerprint density at radius 3 is 2.84 bits per heavy atom. The van der Waals surface area contributed by atoms with Gasteiger partial charge in [-0.05, 0) is 18.8 Å². The lowest BCUT2D eigenvalue weighted by Gasteiger charge is -2.41. The van der Waals surface area contributed by atoms with E-state index in [1.165, 1.54) is 16.3 Å². The van der Waals surface area contributed by atoms with Crippen molar-refractivity contribution in [3.8, 4) is 0 Å². The van der Waals surface area contributed by atoms with Crippen LogP contribution in [0.25, 0.3) is 0 Å². The molecule has 19 heavy (non-hydrogen) atoms. The molecule has 0 saturated carbocycles. The number of aromatic nitrogens is 1. The molecule has 3 nitrogen and oxygen atoms in total. The number of thiazole rings is 1. The first-order valence-electron chi connectivity index (χ1n) is 7.55. The Hall–Kier alpha value is -0.450. The van der Waals surface area contributed by atoms with Crippen LogP contribution in [0.15, 0.2) is 6.20 Å². The quantitative estimate of drug-likeness (QED) is 0.899. The average molecular weight is 281 g/mol. The van der Waals surface area contributed by atoms with E-state index in [-0.39, 0.29) is 0 Å². The van der Waals surface area contributed by atoms with Gasteiger partial charge in [-0.3, -0.25) is 4.90 Å². The van der Waals surface area contributed by atoms with Gasteiger partial charge in [0.2, 0.25) is 0 Å². The normalized spacial score (nSPS) is 25.1. The lowest BCUT2D eigenvalue weighted by Crippen LogP contribution is -2.57. The smallest absolute Gasteiger partial charge is 0.107 e. The van der Waals surface area contributed by atoms with Crippen LogP contribution >= 0.6 is 11.3 Å². The van der Waals surface area contributed by atoms with E-state index in [1.54, 1.807) is 0 Å². The third kappa shape index (κ3) is 3.77. The fourth-order valence-electron chi connectivity index (χ4n) is 2.68. The zero-order valence-corrected chi connectivity index (χ0v) is 13.5. The summed E-state index contributed by atoms with van der Waals surface area (Å²) < 4.78 is 0. The lowest BCUT2D eigenvalue weighted by molar-refractivity contribution is 0.103. The second-order valence-corrected chi connectivity index (χ2v) is 7.02. The molecule has 108 valence electrons. The molecule has 2 atom stereocenters. The summed E-state index contributed by atoms with van der Waals surface area (Å²) >= 11 is 1.88. The molecule has 2 heterocycles. The van der Waals surface area contributed by atoms with E-state index in [0.717, 1.165) is 26.1 Å². The van der Waals surface area contributed by atoms with Crippen molar-refractivity contribution in [1.29, 1.82) is 0 Å². The van der Waals surface area contributed by atoms with Crippen molar-refractivity contribution in [2.24, 2.45) is 5.92 Å². The number of aryl methyl sites for hydroxylation is 1. The predicted octanol–water partition coefficient (Wildman–Crippen LogP) is 2.91. The molecule has 1 N–H and O–H groups in total. The molecule has 0 aliphatic carbocycles. The Morgan fingerprint density at radius 2 is 2.26 bits per heavy atom. The van der Waals surface area contributed by atoms with Gasteiger partial charge in [-0.2, -0.15) is 0 Å². The molecule has 1 aromatic rings. The molecule has 0 spiro atoms. The highest BCUT2D eigenvalue weighted by molar-refractivity contribution is 7.11. The van der Waals surface area contributed by atoms with Crippen molar-refractivity contribution in [1.82, 2.24) is 15.2 Å². The Balaban J connectivity index is 2.01. The Morgan fingerprint density at radius 1 is 1.47 bits per heavy atom. The first-order valence-corrected chi connectivity index (χ1v) is 8.36. The van der Waals surface area contributed by atoms with E-state index < -0.39 is 0 Å². The van der Waals surface area contributed by atoms with Gasteiger partial charge in [0.15, 0.2) is 0 Å². The number of nitrogens with zero attached hydrogens (tertiary/aromatic N) is 2. The molecule has 0 amide bonds. The van der Waals surface area contributed by atoms with Crippen LogP contribution in [0.2, 0.25) is 0 Å². The summed E-state index contributed by atoms with van der Waals surface area (Å²) in [4.78, 5) is 8.60. The second kappa shape index (κ2) is 6.82. The maximum absolute atomic E-state index is 4.58. The molecule has 1 fully saturated rings. The number of hydrogen-bond acceptors (Lipinski definition) is 4. The van der Waals surface area contributed by atoms with E-state index in [2.05, 4.69) is 42.9 Å². The Bertz CT molecular complexity index is 388. The Labute approximate surface area is 121 Å². The highest BCUT2D eigenvalue weighted by Crippen LogP contribution is 2.21. The van der Waals surface area contributed by atoms with Crippen LogP contribution in [-0.4, -0.2) is 35.1 Å². The number of hydrogen-bond donors (Lipinski definition) is 1. The number of rotatable bonds is 5. The van der Waals surface area contributed by atoms with Gasteiger partial charge >= 0.3 is 0 Å². The van der Waals surface area contributed by atoms with Crippen molar-refractivity contribution < 1.29 is 0 Å². The molecule has 1 aliphatic heterocycles. The summed E-state index contributed by atoms with van der Waals surface area (Å²) in [6, 6.07) is 1.28. The zero-order valence-electron chi connectivity index (χ0n) is 12.6. The van der Waals surface area contributed by atoms with E-state index >= 15 is 0 Å². The molecule has 0 bridgehead atoms. The molecule has 0 aromatic carbocycles. The van der Waals surface area contributed by atoms with Gasteiger partial charge in [0.25, 0.3) is 0 Å². The monoisotopic (exact) mass is 281 g/mol. The van der Waals surface area contributed by atoms with E-state index in [0.29, 0.717) is 18.0 Å². The lowest BCUT2D eigenvalue weighted by atomic mass is 9.98. The SMILES string of the molecule is CCc1cnc(CN2CC(C(C)C)NCC2CC)s1. The summed E-state index contributed by atoms with van der Waals surface area (Å²) in [6.07, 6.45) is 4.36. The topological polar surface area (TPSA) is 28.2 Å². The van der Waals surface area contributed by atoms with Crippen LogP contribution in [0, 0.1) is 5.92 Å². The van der Waals surface area contributed by atoms with Crippen LogP contribution in [-0.2, 0) is 13.0 Å². The largest absolute Gasteiger partial charge is 0.311 e. The van der Waals surface area contributed by atoms with Crippen molar-refractivity contribution in [3.05, 3.63) is 16.1 Å². The molecule has 2 unspecified atom stereocenters. The molecule has 1 saturated heterocycles. The first kappa shape index (κ1) is 14.9. The van der Waals surface area contributed by atoms with Gasteiger partial charge in [0.1, 0.15) is 5.01 Å². The van der Waals surface area contributed by atoms with Crippen molar-refractivity contribution in [2.45, 2.75) is 59.2 Å². The minimum atomic E-state index is 0.619. The van der Waals surface area contributed by atoms with Crippen LogP contribution in [0.3, 0.4) is 0 Å². The Kier molecular flexibility index (Phi) is 5.37. The zero-order chi connectivity index (χ0) is 13.8. The van der Waals surface area contributed by atoms with Gasteiger partial charge < -0.3 is 5.32 Å². The van der Waals surface area contributed by atoms with E-state index in [4.69, 9.17) is 0 Å². The van der Waals surface area contributed by atoms with E-state index in [9.17, 15) is 0 Å². The van der Waals surface area contributed by atoms with Crippen LogP contribution < -0.4 is 5.32 Å². The van der Waals surface area contributed by atoms with Gasteiger partial charge in [-0.15, -0.1) is 11.3 Å². The van der Waals surface area contributed by atoms with Crippen molar-refractivity contribution in [3.63, 3.8) is 0 Å². The van der Waals surface area contributed by atoms with Crippen molar-refractivity contribution >= 4 is 11.3 Å². The molecule has 1 aromatic heterocycles. The maximum atomic E-state index is 4.58. The summed E-state index contributed by atoms with van der Waals surface area (Å²) in [7, 11) is 0. The minimum Gasteiger partial charge on any atom is -0.311 e. The summed E-state index contributed by atoms with van der Waals surface area (Å²) in [6.45, 7) is 12.4. The fraction of sp³-hybridized carbons (Fsp3) is 0.800. The van der Waals surface area contributed by atoms with Gasteiger partial charge in [-0.1, -0.05) is 27.7 Å². The van der Waals surface area contributed by atoms with Crippen molar-refractivity contribution in [2.75, 3.05) is 13.1 Å². The van der Waals surface area contributed by atoms with Crippen LogP contribution in [0.1, 0.15) is 44.0 Å². The average Bonchev–Trinajstić information content (AvgIpc) is 2.86. The van der Waals surface area contributed by atoms with Crippen LogP contribution in [0.5, 0.6) is 0 Å². The fourth-order valence-corrected chi connectivity index (χ4v) is 3.57. The number of piperazine rings is 1. The second-order valence-electron chi connectivity index (χ2n) is 5.82. The third-order valence-electron chi connectivity index (χ3n) is 4.13. The molecular weight excluding hydrogens is 254 g/mol. The third-order valence-corrected chi connectivity index (χ3v) is 5.25. The van der Waals surface area contributed by atoms with Gasteiger partial charge in [-0.25, -0.2) is 4.98 Å². The summed E-state index contributed by atoms with van der Waals surface area (Å²) in [5.74, 6) is 0.697. The molecular formula is C15H27N3S. The number of nitrogens with one attached hydrogen (secondary N) is 1. The van der Waals surface area contributed by atoms with Gasteiger partial charge in [0.05, 0.1) is 6.54 Å². The first-order chi connectivity index (χ1) is 9.13. The minimum absolute atomic E-state index is 0.619. The molecule has 4 heteroatoms. The van der Waals surface area contributed by atoms with E-state index in [1.807, 2.05) is 17.5 Å².